The van der Waals surface area contributed by atoms with Gasteiger partial charge in [-0.2, -0.15) is 0 Å². The van der Waals surface area contributed by atoms with Crippen LogP contribution < -0.4 is 15.0 Å². The van der Waals surface area contributed by atoms with Crippen LogP contribution >= 0.6 is 11.6 Å². The monoisotopic (exact) mass is 484 g/mol. The van der Waals surface area contributed by atoms with E-state index in [4.69, 9.17) is 21.1 Å². The van der Waals surface area contributed by atoms with Crippen LogP contribution in [0.3, 0.4) is 0 Å². The van der Waals surface area contributed by atoms with Gasteiger partial charge in [-0.3, -0.25) is 9.69 Å². The number of aromatic amines is 1. The molecule has 0 saturated carbocycles. The Morgan fingerprint density at radius 2 is 1.85 bits per heavy atom. The summed E-state index contributed by atoms with van der Waals surface area (Å²) < 4.78 is 10.8. The molecule has 0 bridgehead atoms. The molecule has 1 amide bonds. The minimum Gasteiger partial charge on any atom is -0.494 e. The van der Waals surface area contributed by atoms with Crippen LogP contribution in [0.4, 0.5) is 11.4 Å². The predicted octanol–water partition coefficient (Wildman–Crippen LogP) is 4.16. The molecule has 1 aliphatic rings. The van der Waals surface area contributed by atoms with Crippen molar-refractivity contribution in [2.24, 2.45) is 0 Å². The molecule has 2 heterocycles. The van der Waals surface area contributed by atoms with E-state index < -0.39 is 5.97 Å². The highest BCUT2D eigenvalue weighted by Gasteiger charge is 2.24. The molecule has 180 valence electrons. The van der Waals surface area contributed by atoms with Crippen molar-refractivity contribution in [2.45, 2.75) is 13.8 Å². The zero-order valence-corrected chi connectivity index (χ0v) is 20.2. The van der Waals surface area contributed by atoms with Gasteiger partial charge in [-0.25, -0.2) is 4.79 Å². The maximum Gasteiger partial charge on any atom is 0.356 e. The number of carbonyl (C=O) groups is 2. The summed E-state index contributed by atoms with van der Waals surface area (Å²) in [4.78, 5) is 33.0. The van der Waals surface area contributed by atoms with Crippen molar-refractivity contribution in [2.75, 3.05) is 56.2 Å². The lowest BCUT2D eigenvalue weighted by Crippen LogP contribution is -2.48. The summed E-state index contributed by atoms with van der Waals surface area (Å²) in [5.74, 6) is -0.0383. The lowest BCUT2D eigenvalue weighted by Gasteiger charge is -2.35. The normalized spacial score (nSPS) is 14.3. The third kappa shape index (κ3) is 5.46. The Hall–Kier alpha value is -3.23. The second-order valence-electron chi connectivity index (χ2n) is 8.03. The predicted molar refractivity (Wildman–Crippen MR) is 134 cm³/mol. The van der Waals surface area contributed by atoms with Crippen molar-refractivity contribution in [3.8, 4) is 5.75 Å². The highest BCUT2D eigenvalue weighted by atomic mass is 35.5. The average Bonchev–Trinajstić information content (AvgIpc) is 3.17. The molecule has 2 N–H and O–H groups in total. The van der Waals surface area contributed by atoms with Crippen molar-refractivity contribution < 1.29 is 19.1 Å². The van der Waals surface area contributed by atoms with Crippen LogP contribution in [0.5, 0.6) is 5.75 Å². The van der Waals surface area contributed by atoms with E-state index in [1.54, 1.807) is 6.92 Å². The Morgan fingerprint density at radius 1 is 1.06 bits per heavy atom. The molecule has 8 nitrogen and oxygen atoms in total. The van der Waals surface area contributed by atoms with Crippen LogP contribution in [0, 0.1) is 0 Å². The average molecular weight is 485 g/mol. The van der Waals surface area contributed by atoms with Gasteiger partial charge in [-0.1, -0.05) is 17.7 Å². The molecule has 4 rings (SSSR count). The van der Waals surface area contributed by atoms with Crippen molar-refractivity contribution in [3.63, 3.8) is 0 Å². The first-order valence-electron chi connectivity index (χ1n) is 11.5. The van der Waals surface area contributed by atoms with E-state index in [0.717, 1.165) is 37.4 Å². The molecule has 0 unspecified atom stereocenters. The van der Waals surface area contributed by atoms with Gasteiger partial charge in [0.1, 0.15) is 11.4 Å². The smallest absolute Gasteiger partial charge is 0.356 e. The molecule has 9 heteroatoms. The summed E-state index contributed by atoms with van der Waals surface area (Å²) in [6, 6.07) is 13.3. The fourth-order valence-corrected chi connectivity index (χ4v) is 4.32. The first-order chi connectivity index (χ1) is 16.5. The zero-order valence-electron chi connectivity index (χ0n) is 19.4. The number of rotatable bonds is 8. The number of anilines is 2. The highest BCUT2D eigenvalue weighted by molar-refractivity contribution is 6.30. The van der Waals surface area contributed by atoms with E-state index in [2.05, 4.69) is 20.1 Å². The highest BCUT2D eigenvalue weighted by Crippen LogP contribution is 2.31. The number of esters is 1. The molecule has 1 aliphatic heterocycles. The van der Waals surface area contributed by atoms with Gasteiger partial charge in [-0.15, -0.1) is 0 Å². The number of hydrogen-bond acceptors (Lipinski definition) is 6. The number of carbonyl (C=O) groups excluding carboxylic acids is 2. The molecular formula is C25H29ClN4O4. The minimum absolute atomic E-state index is 0.190. The van der Waals surface area contributed by atoms with Crippen LogP contribution in [-0.4, -0.2) is 67.7 Å². The third-order valence-electron chi connectivity index (χ3n) is 5.74. The van der Waals surface area contributed by atoms with Gasteiger partial charge in [0.05, 0.1) is 25.4 Å². The molecule has 0 radical (unpaired) electrons. The van der Waals surface area contributed by atoms with E-state index in [9.17, 15) is 9.59 Å². The first kappa shape index (κ1) is 23.9. The molecule has 1 fully saturated rings. The number of aromatic nitrogens is 1. The van der Waals surface area contributed by atoms with Crippen molar-refractivity contribution in [3.05, 3.63) is 53.2 Å². The quantitative estimate of drug-likeness (QED) is 0.467. The Balaban J connectivity index is 1.46. The number of H-pyrrole nitrogens is 1. The molecule has 0 spiro atoms. The molecule has 0 atom stereocenters. The Morgan fingerprint density at radius 3 is 2.56 bits per heavy atom. The fraction of sp³-hybridized carbons (Fsp3) is 0.360. The maximum absolute atomic E-state index is 13.0. The Bertz CT molecular complexity index is 1170. The van der Waals surface area contributed by atoms with Gasteiger partial charge in [0, 0.05) is 47.8 Å². The van der Waals surface area contributed by atoms with Gasteiger partial charge in [0.2, 0.25) is 5.91 Å². The molecule has 2 aromatic carbocycles. The lowest BCUT2D eigenvalue weighted by molar-refractivity contribution is -0.117. The number of benzene rings is 2. The number of ether oxygens (including phenoxy) is 2. The molecule has 3 aromatic rings. The van der Waals surface area contributed by atoms with Crippen LogP contribution in [0.1, 0.15) is 24.3 Å². The largest absolute Gasteiger partial charge is 0.494 e. The molecule has 34 heavy (non-hydrogen) atoms. The number of halogens is 1. The lowest BCUT2D eigenvalue weighted by atomic mass is 10.2. The van der Waals surface area contributed by atoms with E-state index in [1.807, 2.05) is 49.4 Å². The van der Waals surface area contributed by atoms with E-state index in [0.29, 0.717) is 28.5 Å². The fourth-order valence-electron chi connectivity index (χ4n) is 4.13. The van der Waals surface area contributed by atoms with E-state index in [1.165, 1.54) is 0 Å². The number of nitrogens with one attached hydrogen (secondary N) is 2. The number of piperazine rings is 1. The van der Waals surface area contributed by atoms with Crippen molar-refractivity contribution in [1.82, 2.24) is 9.88 Å². The summed E-state index contributed by atoms with van der Waals surface area (Å²) in [5.41, 5.74) is 2.44. The van der Waals surface area contributed by atoms with Crippen LogP contribution in [0.25, 0.3) is 10.9 Å². The van der Waals surface area contributed by atoms with Gasteiger partial charge < -0.3 is 24.7 Å². The van der Waals surface area contributed by atoms with Crippen molar-refractivity contribution in [1.29, 1.82) is 0 Å². The number of hydrogen-bond donors (Lipinski definition) is 2. The summed E-state index contributed by atoms with van der Waals surface area (Å²) in [5, 5.41) is 4.35. The Kier molecular flexibility index (Phi) is 7.59. The van der Waals surface area contributed by atoms with Gasteiger partial charge in [0.15, 0.2) is 0 Å². The third-order valence-corrected chi connectivity index (χ3v) is 5.97. The SMILES string of the molecule is CCOC(=O)c1[nH]c2ccc(OCC)cc2c1NC(=O)CN1CCN(c2cccc(Cl)c2)CC1. The zero-order chi connectivity index (χ0) is 24.1. The van der Waals surface area contributed by atoms with Gasteiger partial charge in [-0.05, 0) is 50.2 Å². The molecular weight excluding hydrogens is 456 g/mol. The van der Waals surface area contributed by atoms with E-state index in [-0.39, 0.29) is 24.8 Å². The first-order valence-corrected chi connectivity index (χ1v) is 11.8. The van der Waals surface area contributed by atoms with Crippen LogP contribution in [-0.2, 0) is 9.53 Å². The molecule has 1 aromatic heterocycles. The second kappa shape index (κ2) is 10.8. The van der Waals surface area contributed by atoms with Crippen LogP contribution in [0.2, 0.25) is 5.02 Å². The minimum atomic E-state index is -0.512. The molecule has 1 saturated heterocycles. The summed E-state index contributed by atoms with van der Waals surface area (Å²) >= 11 is 6.12. The summed E-state index contributed by atoms with van der Waals surface area (Å²) in [7, 11) is 0. The standard InChI is InChI=1S/C25H29ClN4O4/c1-3-33-19-8-9-21-20(15-19)23(24(27-21)25(32)34-4-2)28-22(31)16-29-10-12-30(13-11-29)18-7-5-6-17(26)14-18/h5-9,14-15,27H,3-4,10-13,16H2,1-2H3,(H,28,31). The topological polar surface area (TPSA) is 86.9 Å². The van der Waals surface area contributed by atoms with Gasteiger partial charge >= 0.3 is 5.97 Å². The number of amides is 1. The van der Waals surface area contributed by atoms with Gasteiger partial charge in [0.25, 0.3) is 0 Å². The van der Waals surface area contributed by atoms with Crippen molar-refractivity contribution >= 4 is 45.8 Å². The van der Waals surface area contributed by atoms with Crippen LogP contribution in [0.15, 0.2) is 42.5 Å². The number of nitrogens with zero attached hydrogens (tertiary/aromatic N) is 2. The second-order valence-corrected chi connectivity index (χ2v) is 8.46. The summed E-state index contributed by atoms with van der Waals surface area (Å²) in [6.45, 7) is 7.71. The molecule has 0 aliphatic carbocycles. The Labute approximate surface area is 203 Å². The van der Waals surface area contributed by atoms with E-state index >= 15 is 0 Å². The maximum atomic E-state index is 13.0. The summed E-state index contributed by atoms with van der Waals surface area (Å²) in [6.07, 6.45) is 0. The number of fused-ring (bicyclic) bond motifs is 1.